The summed E-state index contributed by atoms with van der Waals surface area (Å²) in [6, 6.07) is 5.80. The summed E-state index contributed by atoms with van der Waals surface area (Å²) in [4.78, 5) is 28.5. The van der Waals surface area contributed by atoms with Gasteiger partial charge >= 0.3 is 5.97 Å². The average molecular weight is 418 g/mol. The molecule has 0 saturated carbocycles. The molecule has 0 saturated heterocycles. The van der Waals surface area contributed by atoms with Crippen LogP contribution in [0.3, 0.4) is 0 Å². The van der Waals surface area contributed by atoms with Crippen molar-refractivity contribution in [1.82, 2.24) is 9.38 Å². The molecule has 134 valence electrons. The Bertz CT molecular complexity index is 1040. The third kappa shape index (κ3) is 3.15. The van der Waals surface area contributed by atoms with Crippen LogP contribution in [0.25, 0.3) is 5.65 Å². The van der Waals surface area contributed by atoms with Crippen molar-refractivity contribution >= 4 is 39.1 Å². The maximum absolute atomic E-state index is 12.9. The highest BCUT2D eigenvalue weighted by Crippen LogP contribution is 2.25. The van der Waals surface area contributed by atoms with E-state index in [1.807, 2.05) is 26.1 Å². The second-order valence-corrected chi connectivity index (χ2v) is 6.67. The number of hydrogen-bond donors (Lipinski definition) is 3. The molecule has 1 aromatic carbocycles. The Labute approximate surface area is 157 Å². The molecule has 0 fully saturated rings. The lowest BCUT2D eigenvalue weighted by Gasteiger charge is -2.09. The van der Waals surface area contributed by atoms with E-state index in [0.717, 1.165) is 10.0 Å². The molecule has 3 rings (SSSR count). The van der Waals surface area contributed by atoms with Gasteiger partial charge in [-0.15, -0.1) is 0 Å². The number of fused-ring (bicyclic) bond motifs is 1. The van der Waals surface area contributed by atoms with Crippen LogP contribution in [0.15, 0.2) is 34.9 Å². The molecule has 1 amide bonds. The molecular formula is C18H16BrN3O4. The predicted molar refractivity (Wildman–Crippen MR) is 100 cm³/mol. The third-order valence-corrected chi connectivity index (χ3v) is 4.50. The van der Waals surface area contributed by atoms with E-state index in [1.54, 1.807) is 4.40 Å². The van der Waals surface area contributed by atoms with Crippen LogP contribution in [0.1, 0.15) is 39.0 Å². The minimum absolute atomic E-state index is 0.272. The maximum Gasteiger partial charge on any atom is 0.339 e. The lowest BCUT2D eigenvalue weighted by atomic mass is 10.1. The molecule has 0 bridgehead atoms. The Kier molecular flexibility index (Phi) is 4.69. The fraction of sp³-hybridized carbons (Fsp3) is 0.167. The number of imidazole rings is 1. The van der Waals surface area contributed by atoms with Crippen LogP contribution < -0.4 is 5.32 Å². The number of aromatic hydroxyl groups is 1. The molecular weight excluding hydrogens is 402 g/mol. The highest BCUT2D eigenvalue weighted by atomic mass is 79.9. The molecule has 26 heavy (non-hydrogen) atoms. The molecule has 0 unspecified atom stereocenters. The number of halogens is 1. The number of carboxylic acids is 1. The van der Waals surface area contributed by atoms with Crippen molar-refractivity contribution < 1.29 is 19.8 Å². The minimum Gasteiger partial charge on any atom is -0.507 e. The number of carboxylic acid groups (broad SMARTS) is 1. The molecule has 7 nitrogen and oxygen atoms in total. The minimum atomic E-state index is -1.28. The van der Waals surface area contributed by atoms with Crippen molar-refractivity contribution in [1.29, 1.82) is 0 Å². The molecule has 3 N–H and O–H groups in total. The average Bonchev–Trinajstić information content (AvgIpc) is 2.95. The van der Waals surface area contributed by atoms with Gasteiger partial charge in [0.05, 0.1) is 10.2 Å². The number of phenols is 1. The van der Waals surface area contributed by atoms with Gasteiger partial charge in [0.1, 0.15) is 17.0 Å². The van der Waals surface area contributed by atoms with E-state index >= 15 is 0 Å². The summed E-state index contributed by atoms with van der Waals surface area (Å²) < 4.78 is 2.50. The highest BCUT2D eigenvalue weighted by molar-refractivity contribution is 9.10. The second-order valence-electron chi connectivity index (χ2n) is 5.81. The van der Waals surface area contributed by atoms with Gasteiger partial charge in [-0.1, -0.05) is 6.92 Å². The molecule has 2 heterocycles. The lowest BCUT2D eigenvalue weighted by molar-refractivity contribution is 0.0693. The number of carbonyl (C=O) groups excluding carboxylic acids is 1. The van der Waals surface area contributed by atoms with Crippen molar-refractivity contribution in [2.24, 2.45) is 0 Å². The first kappa shape index (κ1) is 17.9. The summed E-state index contributed by atoms with van der Waals surface area (Å²) >= 11 is 3.47. The summed E-state index contributed by atoms with van der Waals surface area (Å²) in [6.45, 7) is 3.82. The van der Waals surface area contributed by atoms with Crippen LogP contribution in [0.2, 0.25) is 0 Å². The van der Waals surface area contributed by atoms with E-state index < -0.39 is 11.9 Å². The van der Waals surface area contributed by atoms with Crippen LogP contribution in [-0.2, 0) is 6.42 Å². The van der Waals surface area contributed by atoms with Gasteiger partial charge in [-0.2, -0.15) is 0 Å². The van der Waals surface area contributed by atoms with Crippen LogP contribution in [0.4, 0.5) is 5.69 Å². The monoisotopic (exact) mass is 417 g/mol. The van der Waals surface area contributed by atoms with Gasteiger partial charge in [-0.25, -0.2) is 9.78 Å². The summed E-state index contributed by atoms with van der Waals surface area (Å²) in [5.41, 5.74) is 2.60. The molecule has 0 spiro atoms. The number of benzene rings is 1. The fourth-order valence-corrected chi connectivity index (χ4v) is 3.38. The quantitative estimate of drug-likeness (QED) is 0.562. The van der Waals surface area contributed by atoms with E-state index in [9.17, 15) is 14.7 Å². The van der Waals surface area contributed by atoms with E-state index in [-0.39, 0.29) is 17.0 Å². The molecule has 0 aliphatic heterocycles. The van der Waals surface area contributed by atoms with E-state index in [1.165, 1.54) is 18.2 Å². The summed E-state index contributed by atoms with van der Waals surface area (Å²) in [6.07, 6.45) is 2.38. The van der Waals surface area contributed by atoms with Crippen molar-refractivity contribution in [3.8, 4) is 5.75 Å². The molecule has 0 atom stereocenters. The third-order valence-electron chi connectivity index (χ3n) is 3.92. The first-order valence-corrected chi connectivity index (χ1v) is 8.65. The van der Waals surface area contributed by atoms with Gasteiger partial charge in [0, 0.05) is 11.9 Å². The Morgan fingerprint density at radius 2 is 2.04 bits per heavy atom. The van der Waals surface area contributed by atoms with E-state index in [2.05, 4.69) is 26.2 Å². The molecule has 8 heteroatoms. The van der Waals surface area contributed by atoms with Gasteiger partial charge in [0.2, 0.25) is 0 Å². The van der Waals surface area contributed by atoms with Gasteiger partial charge < -0.3 is 15.5 Å². The number of anilines is 1. The topological polar surface area (TPSA) is 104 Å². The Balaban J connectivity index is 2.06. The Hall–Kier alpha value is -2.87. The first-order chi connectivity index (χ1) is 12.3. The summed E-state index contributed by atoms with van der Waals surface area (Å²) in [5.74, 6) is -2.05. The zero-order valence-corrected chi connectivity index (χ0v) is 15.7. The normalized spacial score (nSPS) is 10.9. The maximum atomic E-state index is 12.9. The lowest BCUT2D eigenvalue weighted by Crippen LogP contribution is -2.16. The standard InChI is InChI=1S/C18H16BrN3O4/c1-3-13-15(22-8-9(2)6-12(19)16(22)21-13)17(24)20-10-4-5-14(23)11(7-10)18(25)26/h4-8,23H,3H2,1-2H3,(H,20,24)(H,25,26). The molecule has 0 radical (unpaired) electrons. The molecule has 3 aromatic rings. The van der Waals surface area contributed by atoms with Crippen molar-refractivity contribution in [3.63, 3.8) is 0 Å². The van der Waals surface area contributed by atoms with Crippen LogP contribution >= 0.6 is 15.9 Å². The van der Waals surface area contributed by atoms with Gasteiger partial charge in [-0.05, 0) is 59.1 Å². The number of aromatic carboxylic acids is 1. The largest absolute Gasteiger partial charge is 0.507 e. The van der Waals surface area contributed by atoms with Crippen molar-refractivity contribution in [3.05, 3.63) is 57.4 Å². The zero-order chi connectivity index (χ0) is 19.0. The number of aryl methyl sites for hydroxylation is 2. The van der Waals surface area contributed by atoms with Gasteiger partial charge in [-0.3, -0.25) is 9.20 Å². The smallest absolute Gasteiger partial charge is 0.339 e. The van der Waals surface area contributed by atoms with Crippen molar-refractivity contribution in [2.75, 3.05) is 5.32 Å². The summed E-state index contributed by atoms with van der Waals surface area (Å²) in [5, 5.41) is 21.4. The Morgan fingerprint density at radius 3 is 2.69 bits per heavy atom. The fourth-order valence-electron chi connectivity index (χ4n) is 2.74. The summed E-state index contributed by atoms with van der Waals surface area (Å²) in [7, 11) is 0. The highest BCUT2D eigenvalue weighted by Gasteiger charge is 2.21. The van der Waals surface area contributed by atoms with Gasteiger partial charge in [0.25, 0.3) is 5.91 Å². The number of amides is 1. The van der Waals surface area contributed by atoms with E-state index in [0.29, 0.717) is 23.5 Å². The number of aromatic nitrogens is 2. The van der Waals surface area contributed by atoms with Crippen LogP contribution in [0, 0.1) is 6.92 Å². The number of nitrogens with one attached hydrogen (secondary N) is 1. The molecule has 0 aliphatic rings. The second kappa shape index (κ2) is 6.80. The van der Waals surface area contributed by atoms with E-state index in [4.69, 9.17) is 5.11 Å². The van der Waals surface area contributed by atoms with Crippen LogP contribution in [0.5, 0.6) is 5.75 Å². The first-order valence-electron chi connectivity index (χ1n) is 7.86. The number of hydrogen-bond acceptors (Lipinski definition) is 4. The SMILES string of the molecule is CCc1nc2c(Br)cc(C)cn2c1C(=O)Nc1ccc(O)c(C(=O)O)c1. The molecule has 2 aromatic heterocycles. The number of carbonyl (C=O) groups is 2. The number of nitrogens with zero attached hydrogens (tertiary/aromatic N) is 2. The number of pyridine rings is 1. The number of rotatable bonds is 4. The zero-order valence-electron chi connectivity index (χ0n) is 14.1. The Morgan fingerprint density at radius 1 is 1.31 bits per heavy atom. The predicted octanol–water partition coefficient (Wildman–Crippen LogP) is 3.62. The van der Waals surface area contributed by atoms with Crippen LogP contribution in [-0.4, -0.2) is 31.5 Å². The van der Waals surface area contributed by atoms with Crippen molar-refractivity contribution in [2.45, 2.75) is 20.3 Å². The molecule has 0 aliphatic carbocycles. The van der Waals surface area contributed by atoms with Gasteiger partial charge in [0.15, 0.2) is 5.65 Å².